The summed E-state index contributed by atoms with van der Waals surface area (Å²) in [6.45, 7) is 0. The number of aromatic amines is 1. The second-order valence-electron chi connectivity index (χ2n) is 2.48. The molecule has 0 aliphatic carbocycles. The molecule has 14 heavy (non-hydrogen) atoms. The lowest BCUT2D eigenvalue weighted by atomic mass is 10.2. The van der Waals surface area contributed by atoms with Gasteiger partial charge in [0.05, 0.1) is 5.56 Å². The molecule has 7 heteroatoms. The van der Waals surface area contributed by atoms with Crippen LogP contribution >= 0.6 is 0 Å². The number of halogens is 2. The molecule has 0 fully saturated rings. The molecule has 0 spiro atoms. The number of nitrogen functional groups attached to an aromatic ring is 1. The average molecular weight is 204 g/mol. The van der Waals surface area contributed by atoms with Crippen LogP contribution in [0.4, 0.5) is 14.6 Å². The van der Waals surface area contributed by atoms with E-state index in [-0.39, 0.29) is 5.82 Å². The molecule has 0 aromatic carbocycles. The molecule has 4 N–H and O–H groups in total. The third-order valence-corrected chi connectivity index (χ3v) is 1.52. The molecule has 0 saturated carbocycles. The summed E-state index contributed by atoms with van der Waals surface area (Å²) in [4.78, 5) is 23.4. The summed E-state index contributed by atoms with van der Waals surface area (Å²) in [6, 6.07) is 0.716. The van der Waals surface area contributed by atoms with E-state index in [0.29, 0.717) is 6.07 Å². The molecule has 0 saturated heterocycles. The third kappa shape index (κ3) is 1.70. The maximum Gasteiger partial charge on any atom is 0.353 e. The van der Waals surface area contributed by atoms with Gasteiger partial charge in [0.15, 0.2) is 5.43 Å². The minimum atomic E-state index is -3.15. The minimum absolute atomic E-state index is 0.267. The van der Waals surface area contributed by atoms with Crippen molar-refractivity contribution in [1.82, 2.24) is 4.98 Å². The lowest BCUT2D eigenvalue weighted by molar-refractivity contribution is 0.0676. The van der Waals surface area contributed by atoms with E-state index in [4.69, 9.17) is 10.8 Å². The van der Waals surface area contributed by atoms with Gasteiger partial charge in [0.25, 0.3) is 6.43 Å². The Morgan fingerprint density at radius 2 is 2.14 bits per heavy atom. The van der Waals surface area contributed by atoms with E-state index in [1.807, 2.05) is 4.98 Å². The number of carbonyl (C=O) groups is 1. The molecule has 1 aromatic rings. The van der Waals surface area contributed by atoms with Gasteiger partial charge in [-0.25, -0.2) is 13.6 Å². The highest BCUT2D eigenvalue weighted by Crippen LogP contribution is 2.18. The second kappa shape index (κ2) is 3.44. The van der Waals surface area contributed by atoms with Crippen LogP contribution < -0.4 is 11.2 Å². The molecule has 76 valence electrons. The van der Waals surface area contributed by atoms with E-state index in [2.05, 4.69) is 0 Å². The van der Waals surface area contributed by atoms with E-state index in [0.717, 1.165) is 0 Å². The van der Waals surface area contributed by atoms with Crippen LogP contribution in [0.15, 0.2) is 10.9 Å². The first-order valence-corrected chi connectivity index (χ1v) is 3.47. The highest BCUT2D eigenvalue weighted by Gasteiger charge is 2.22. The highest BCUT2D eigenvalue weighted by molar-refractivity contribution is 5.87. The van der Waals surface area contributed by atoms with Gasteiger partial charge in [-0.1, -0.05) is 0 Å². The summed E-state index contributed by atoms with van der Waals surface area (Å²) in [6.07, 6.45) is -3.15. The maximum atomic E-state index is 12.3. The van der Waals surface area contributed by atoms with Crippen molar-refractivity contribution in [2.75, 3.05) is 5.73 Å². The minimum Gasteiger partial charge on any atom is -0.477 e. The molecule has 0 aliphatic heterocycles. The molecule has 0 unspecified atom stereocenters. The molecule has 0 aliphatic rings. The fourth-order valence-corrected chi connectivity index (χ4v) is 0.975. The number of nitrogens with two attached hydrogens (primary N) is 1. The quantitative estimate of drug-likeness (QED) is 0.656. The van der Waals surface area contributed by atoms with Gasteiger partial charge in [0.1, 0.15) is 11.5 Å². The second-order valence-corrected chi connectivity index (χ2v) is 2.48. The van der Waals surface area contributed by atoms with Gasteiger partial charge in [0.2, 0.25) is 0 Å². The zero-order valence-electron chi connectivity index (χ0n) is 6.75. The first-order chi connectivity index (χ1) is 6.43. The monoisotopic (exact) mass is 204 g/mol. The number of aromatic carboxylic acids is 1. The SMILES string of the molecule is Nc1cc(=O)c(C(F)F)c(C(=O)O)[nH]1. The van der Waals surface area contributed by atoms with Gasteiger partial charge in [-0.2, -0.15) is 0 Å². The van der Waals surface area contributed by atoms with Crippen LogP contribution in [0.2, 0.25) is 0 Å². The number of aromatic nitrogens is 1. The maximum absolute atomic E-state index is 12.3. The number of hydrogen-bond acceptors (Lipinski definition) is 3. The number of nitrogens with one attached hydrogen (secondary N) is 1. The van der Waals surface area contributed by atoms with Crippen molar-refractivity contribution in [2.24, 2.45) is 0 Å². The number of hydrogen-bond donors (Lipinski definition) is 3. The van der Waals surface area contributed by atoms with Crippen LogP contribution in [0.1, 0.15) is 22.5 Å². The number of alkyl halides is 2. The molecule has 0 radical (unpaired) electrons. The predicted octanol–water partition coefficient (Wildman–Crippen LogP) is 0.593. The van der Waals surface area contributed by atoms with Crippen molar-refractivity contribution >= 4 is 11.8 Å². The summed E-state index contributed by atoms with van der Waals surface area (Å²) >= 11 is 0. The van der Waals surface area contributed by atoms with E-state index in [1.165, 1.54) is 0 Å². The van der Waals surface area contributed by atoms with Crippen molar-refractivity contribution in [2.45, 2.75) is 6.43 Å². The van der Waals surface area contributed by atoms with E-state index in [1.54, 1.807) is 0 Å². The molecule has 0 bridgehead atoms. The number of pyridine rings is 1. The predicted molar refractivity (Wildman–Crippen MR) is 43.4 cm³/mol. The standard InChI is InChI=1S/C7H6F2N2O3/c8-6(9)4-2(12)1-3(10)11-5(4)7(13)14/h1,6H,(H,13,14)(H3,10,11,12). The van der Waals surface area contributed by atoms with Crippen molar-refractivity contribution in [3.63, 3.8) is 0 Å². The topological polar surface area (TPSA) is 96.2 Å². The van der Waals surface area contributed by atoms with Gasteiger partial charge in [-0.3, -0.25) is 4.79 Å². The largest absolute Gasteiger partial charge is 0.477 e. The van der Waals surface area contributed by atoms with Gasteiger partial charge >= 0.3 is 5.97 Å². The third-order valence-electron chi connectivity index (χ3n) is 1.52. The van der Waals surface area contributed by atoms with Crippen molar-refractivity contribution < 1.29 is 18.7 Å². The van der Waals surface area contributed by atoms with Gasteiger partial charge in [-0.15, -0.1) is 0 Å². The zero-order chi connectivity index (χ0) is 10.9. The summed E-state index contributed by atoms with van der Waals surface area (Å²) in [5.41, 5.74) is 2.07. The molecular formula is C7H6F2N2O3. The Bertz CT molecular complexity index is 427. The lowest BCUT2D eigenvalue weighted by Crippen LogP contribution is -2.18. The van der Waals surface area contributed by atoms with Crippen LogP contribution in [0.3, 0.4) is 0 Å². The molecular weight excluding hydrogens is 198 g/mol. The summed E-state index contributed by atoms with van der Waals surface area (Å²) in [5.74, 6) is -1.92. The number of carboxylic acids is 1. The van der Waals surface area contributed by atoms with Crippen LogP contribution in [0, 0.1) is 0 Å². The Balaban J connectivity index is 3.53. The van der Waals surface area contributed by atoms with Crippen molar-refractivity contribution in [3.8, 4) is 0 Å². The fraction of sp³-hybridized carbons (Fsp3) is 0.143. The molecule has 0 amide bonds. The van der Waals surface area contributed by atoms with Crippen LogP contribution in [0.5, 0.6) is 0 Å². The summed E-state index contributed by atoms with van der Waals surface area (Å²) < 4.78 is 24.5. The molecule has 1 rings (SSSR count). The Kier molecular flexibility index (Phi) is 2.50. The number of rotatable bonds is 2. The lowest BCUT2D eigenvalue weighted by Gasteiger charge is -2.04. The number of carboxylic acid groups (broad SMARTS) is 1. The number of H-pyrrole nitrogens is 1. The van der Waals surface area contributed by atoms with Crippen LogP contribution in [-0.4, -0.2) is 16.1 Å². The smallest absolute Gasteiger partial charge is 0.353 e. The zero-order valence-corrected chi connectivity index (χ0v) is 6.75. The van der Waals surface area contributed by atoms with Gasteiger partial charge in [-0.05, 0) is 0 Å². The summed E-state index contributed by atoms with van der Waals surface area (Å²) in [7, 11) is 0. The van der Waals surface area contributed by atoms with E-state index < -0.39 is 29.1 Å². The fourth-order valence-electron chi connectivity index (χ4n) is 0.975. The highest BCUT2D eigenvalue weighted by atomic mass is 19.3. The van der Waals surface area contributed by atoms with Crippen molar-refractivity contribution in [1.29, 1.82) is 0 Å². The first kappa shape index (κ1) is 10.2. The Hall–Kier alpha value is -1.92. The normalized spacial score (nSPS) is 10.5. The summed E-state index contributed by atoms with van der Waals surface area (Å²) in [5, 5.41) is 8.50. The molecule has 1 aromatic heterocycles. The number of anilines is 1. The Labute approximate surface area is 76.2 Å². The van der Waals surface area contributed by atoms with Gasteiger partial charge < -0.3 is 15.8 Å². The molecule has 1 heterocycles. The van der Waals surface area contributed by atoms with Crippen LogP contribution in [-0.2, 0) is 0 Å². The molecule has 0 atom stereocenters. The Morgan fingerprint density at radius 3 is 2.57 bits per heavy atom. The average Bonchev–Trinajstić information content (AvgIpc) is 2.01. The van der Waals surface area contributed by atoms with Crippen molar-refractivity contribution in [3.05, 3.63) is 27.5 Å². The Morgan fingerprint density at radius 1 is 1.57 bits per heavy atom. The van der Waals surface area contributed by atoms with E-state index in [9.17, 15) is 18.4 Å². The van der Waals surface area contributed by atoms with Crippen LogP contribution in [0.25, 0.3) is 0 Å². The molecule has 5 nitrogen and oxygen atoms in total. The van der Waals surface area contributed by atoms with Gasteiger partial charge in [0, 0.05) is 6.07 Å². The van der Waals surface area contributed by atoms with E-state index >= 15 is 0 Å². The first-order valence-electron chi connectivity index (χ1n) is 3.47.